The maximum atomic E-state index is 11.7. The van der Waals surface area contributed by atoms with Crippen LogP contribution < -0.4 is 0 Å². The summed E-state index contributed by atoms with van der Waals surface area (Å²) in [6.07, 6.45) is 1.63. The van der Waals surface area contributed by atoms with Gasteiger partial charge in [-0.15, -0.1) is 0 Å². The van der Waals surface area contributed by atoms with Crippen molar-refractivity contribution in [2.24, 2.45) is 0 Å². The molecule has 0 saturated heterocycles. The molecule has 0 fully saturated rings. The number of nitrogens with zero attached hydrogens (tertiary/aromatic N) is 1. The van der Waals surface area contributed by atoms with Crippen LogP contribution in [0.15, 0.2) is 59.0 Å². The van der Waals surface area contributed by atoms with Crippen LogP contribution in [0.5, 0.6) is 0 Å². The average Bonchev–Trinajstić information content (AvgIpc) is 3.17. The first-order valence-corrected chi connectivity index (χ1v) is 9.22. The summed E-state index contributed by atoms with van der Waals surface area (Å²) >= 11 is 12.0. The van der Waals surface area contributed by atoms with Crippen LogP contribution in [0.3, 0.4) is 0 Å². The van der Waals surface area contributed by atoms with E-state index >= 15 is 0 Å². The Balaban J connectivity index is 1.85. The quantitative estimate of drug-likeness (QED) is 0.355. The molecule has 0 aliphatic rings. The Labute approximate surface area is 172 Å². The van der Waals surface area contributed by atoms with Crippen LogP contribution in [0.1, 0.15) is 28.6 Å². The Morgan fingerprint density at radius 1 is 1.07 bits per heavy atom. The molecule has 6 heteroatoms. The molecule has 1 aromatic heterocycles. The van der Waals surface area contributed by atoms with E-state index in [1.165, 1.54) is 0 Å². The van der Waals surface area contributed by atoms with Crippen molar-refractivity contribution in [3.8, 4) is 17.4 Å². The van der Waals surface area contributed by atoms with Gasteiger partial charge in [-0.1, -0.05) is 41.4 Å². The second kappa shape index (κ2) is 8.79. The van der Waals surface area contributed by atoms with Gasteiger partial charge >= 0.3 is 5.97 Å². The fraction of sp³-hybridized carbons (Fsp3) is 0.0909. The van der Waals surface area contributed by atoms with E-state index in [0.717, 1.165) is 5.56 Å². The summed E-state index contributed by atoms with van der Waals surface area (Å²) in [5.74, 6) is 0.776. The molecule has 4 nitrogen and oxygen atoms in total. The number of benzene rings is 2. The molecular formula is C22H15Cl2NO3. The molecule has 0 spiro atoms. The minimum Gasteiger partial charge on any atom is -0.462 e. The largest absolute Gasteiger partial charge is 0.462 e. The number of ether oxygens (including phenoxy) is 1. The average molecular weight is 412 g/mol. The van der Waals surface area contributed by atoms with Crippen molar-refractivity contribution in [2.45, 2.75) is 6.92 Å². The molecule has 28 heavy (non-hydrogen) atoms. The number of nitriles is 1. The summed E-state index contributed by atoms with van der Waals surface area (Å²) in [7, 11) is 0. The topological polar surface area (TPSA) is 63.2 Å². The van der Waals surface area contributed by atoms with Gasteiger partial charge in [-0.2, -0.15) is 5.26 Å². The van der Waals surface area contributed by atoms with Crippen LogP contribution in [0.2, 0.25) is 10.0 Å². The van der Waals surface area contributed by atoms with Crippen molar-refractivity contribution in [1.82, 2.24) is 0 Å². The molecular weight excluding hydrogens is 397 g/mol. The molecule has 0 bridgehead atoms. The van der Waals surface area contributed by atoms with Crippen molar-refractivity contribution in [3.63, 3.8) is 0 Å². The first-order chi connectivity index (χ1) is 13.5. The summed E-state index contributed by atoms with van der Waals surface area (Å²) < 4.78 is 10.8. The van der Waals surface area contributed by atoms with Crippen LogP contribution in [0, 0.1) is 11.3 Å². The van der Waals surface area contributed by atoms with E-state index in [4.69, 9.17) is 32.4 Å². The van der Waals surface area contributed by atoms with Gasteiger partial charge in [0.25, 0.3) is 0 Å². The number of allylic oxidation sites excluding steroid dienone is 1. The zero-order chi connectivity index (χ0) is 20.1. The second-order valence-electron chi connectivity index (χ2n) is 5.80. The first-order valence-electron chi connectivity index (χ1n) is 8.46. The number of halogens is 2. The molecule has 0 aliphatic heterocycles. The number of furan rings is 1. The smallest absolute Gasteiger partial charge is 0.338 e. The van der Waals surface area contributed by atoms with Gasteiger partial charge in [0.2, 0.25) is 0 Å². The van der Waals surface area contributed by atoms with Crippen LogP contribution >= 0.6 is 23.2 Å². The minimum absolute atomic E-state index is 0.328. The fourth-order valence-corrected chi connectivity index (χ4v) is 2.85. The van der Waals surface area contributed by atoms with Crippen molar-refractivity contribution in [3.05, 3.63) is 81.5 Å². The maximum Gasteiger partial charge on any atom is 0.338 e. The molecule has 1 heterocycles. The monoisotopic (exact) mass is 411 g/mol. The lowest BCUT2D eigenvalue weighted by atomic mass is 10.1. The van der Waals surface area contributed by atoms with Gasteiger partial charge in [0.15, 0.2) is 0 Å². The highest BCUT2D eigenvalue weighted by atomic mass is 35.5. The Hall–Kier alpha value is -3.00. The number of carbonyl (C=O) groups is 1. The zero-order valence-electron chi connectivity index (χ0n) is 14.9. The van der Waals surface area contributed by atoms with E-state index in [0.29, 0.717) is 44.9 Å². The van der Waals surface area contributed by atoms with Gasteiger partial charge < -0.3 is 9.15 Å². The highest BCUT2D eigenvalue weighted by Gasteiger charge is 2.10. The van der Waals surface area contributed by atoms with E-state index in [2.05, 4.69) is 6.07 Å². The number of rotatable bonds is 5. The maximum absolute atomic E-state index is 11.7. The first kappa shape index (κ1) is 19.8. The van der Waals surface area contributed by atoms with E-state index in [1.807, 2.05) is 0 Å². The highest BCUT2D eigenvalue weighted by molar-refractivity contribution is 6.42. The molecule has 3 rings (SSSR count). The Morgan fingerprint density at radius 3 is 2.43 bits per heavy atom. The SMILES string of the molecule is CCOC(=O)c1ccc(-c2ccc(/C=C(/C#N)c3ccc(Cl)c(Cl)c3)o2)cc1. The van der Waals surface area contributed by atoms with Gasteiger partial charge in [-0.25, -0.2) is 4.79 Å². The predicted molar refractivity (Wildman–Crippen MR) is 110 cm³/mol. The standard InChI is InChI=1S/C22H15Cl2NO3/c1-2-27-22(26)15-5-3-14(4-6-15)21-10-8-18(28-21)11-17(13-25)16-7-9-19(23)20(24)12-16/h3-12H,2H2,1H3/b17-11-. The van der Waals surface area contributed by atoms with Crippen LogP contribution in [0.4, 0.5) is 0 Å². The molecule has 0 amide bonds. The molecule has 0 saturated carbocycles. The Kier molecular flexibility index (Phi) is 6.20. The molecule has 0 atom stereocenters. The highest BCUT2D eigenvalue weighted by Crippen LogP contribution is 2.29. The fourth-order valence-electron chi connectivity index (χ4n) is 2.56. The molecule has 0 aliphatic carbocycles. The number of hydrogen-bond donors (Lipinski definition) is 0. The van der Waals surface area contributed by atoms with Crippen molar-refractivity contribution >= 4 is 40.8 Å². The molecule has 0 N–H and O–H groups in total. The minimum atomic E-state index is -0.364. The summed E-state index contributed by atoms with van der Waals surface area (Å²) in [4.78, 5) is 11.7. The summed E-state index contributed by atoms with van der Waals surface area (Å²) in [6, 6.07) is 17.6. The van der Waals surface area contributed by atoms with Gasteiger partial charge in [-0.3, -0.25) is 0 Å². The zero-order valence-corrected chi connectivity index (χ0v) is 16.4. The number of esters is 1. The van der Waals surface area contributed by atoms with E-state index in [1.54, 1.807) is 67.6 Å². The van der Waals surface area contributed by atoms with Crippen LogP contribution in [0.25, 0.3) is 23.0 Å². The van der Waals surface area contributed by atoms with Crippen LogP contribution in [-0.4, -0.2) is 12.6 Å². The van der Waals surface area contributed by atoms with Gasteiger partial charge in [0, 0.05) is 5.56 Å². The lowest BCUT2D eigenvalue weighted by molar-refractivity contribution is 0.0526. The predicted octanol–water partition coefficient (Wildman–Crippen LogP) is 6.49. The van der Waals surface area contributed by atoms with Crippen molar-refractivity contribution in [1.29, 1.82) is 5.26 Å². The molecule has 3 aromatic rings. The summed E-state index contributed by atoms with van der Waals surface area (Å²) in [5, 5.41) is 10.3. The summed E-state index contributed by atoms with van der Waals surface area (Å²) in [5.41, 5.74) is 2.33. The van der Waals surface area contributed by atoms with Gasteiger partial charge in [0.1, 0.15) is 11.5 Å². The Bertz CT molecular complexity index is 1080. The lowest BCUT2D eigenvalue weighted by Gasteiger charge is -2.03. The van der Waals surface area contributed by atoms with Crippen molar-refractivity contribution in [2.75, 3.05) is 6.61 Å². The summed E-state index contributed by atoms with van der Waals surface area (Å²) in [6.45, 7) is 2.09. The van der Waals surface area contributed by atoms with E-state index in [9.17, 15) is 10.1 Å². The number of carbonyl (C=O) groups excluding carboxylic acids is 1. The molecule has 140 valence electrons. The molecule has 2 aromatic carbocycles. The van der Waals surface area contributed by atoms with Crippen molar-refractivity contribution < 1.29 is 13.9 Å². The van der Waals surface area contributed by atoms with Gasteiger partial charge in [0.05, 0.1) is 33.9 Å². The van der Waals surface area contributed by atoms with E-state index in [-0.39, 0.29) is 5.97 Å². The normalized spacial score (nSPS) is 11.1. The molecule has 0 radical (unpaired) electrons. The third kappa shape index (κ3) is 4.45. The third-order valence-corrected chi connectivity index (χ3v) is 4.68. The number of hydrogen-bond acceptors (Lipinski definition) is 4. The lowest BCUT2D eigenvalue weighted by Crippen LogP contribution is -2.03. The van der Waals surface area contributed by atoms with E-state index < -0.39 is 0 Å². The molecule has 0 unspecified atom stereocenters. The van der Waals surface area contributed by atoms with Crippen LogP contribution in [-0.2, 0) is 4.74 Å². The Morgan fingerprint density at radius 2 is 1.79 bits per heavy atom. The second-order valence-corrected chi connectivity index (χ2v) is 6.61. The third-order valence-electron chi connectivity index (χ3n) is 3.94. The van der Waals surface area contributed by atoms with Gasteiger partial charge in [-0.05, 0) is 55.0 Å².